The zero-order valence-corrected chi connectivity index (χ0v) is 9.41. The Morgan fingerprint density at radius 2 is 2.07 bits per heavy atom. The van der Waals surface area contributed by atoms with Crippen molar-refractivity contribution in [2.45, 2.75) is 31.8 Å². The Labute approximate surface area is 89.4 Å². The third kappa shape index (κ3) is 1.19. The average Bonchev–Trinajstić information content (AvgIpc) is 2.70. The maximum absolute atomic E-state index is 12.1. The first-order valence-corrected chi connectivity index (χ1v) is 5.33. The Morgan fingerprint density at radius 3 is 2.53 bits per heavy atom. The molecule has 1 N–H and O–H groups in total. The van der Waals surface area contributed by atoms with Crippen molar-refractivity contribution in [2.24, 2.45) is 0 Å². The molecule has 5 nitrogen and oxygen atoms in total. The lowest BCUT2D eigenvalue weighted by molar-refractivity contribution is -0.132. The summed E-state index contributed by atoms with van der Waals surface area (Å²) in [5, 5.41) is 3.17. The summed E-state index contributed by atoms with van der Waals surface area (Å²) in [6.07, 6.45) is 0.722. The highest BCUT2D eigenvalue weighted by Crippen LogP contribution is 2.34. The average molecular weight is 211 g/mol. The van der Waals surface area contributed by atoms with E-state index in [0.29, 0.717) is 6.54 Å². The van der Waals surface area contributed by atoms with E-state index < -0.39 is 5.54 Å². The van der Waals surface area contributed by atoms with Crippen LogP contribution in [0.15, 0.2) is 0 Å². The first-order chi connectivity index (χ1) is 7.00. The maximum Gasteiger partial charge on any atom is 0.327 e. The second-order valence-corrected chi connectivity index (χ2v) is 4.57. The molecule has 1 atom stereocenters. The van der Waals surface area contributed by atoms with Gasteiger partial charge < -0.3 is 10.2 Å². The third-order valence-electron chi connectivity index (χ3n) is 3.31. The van der Waals surface area contributed by atoms with Crippen molar-refractivity contribution in [1.82, 2.24) is 15.1 Å². The number of carbonyl (C=O) groups excluding carboxylic acids is 2. The molecule has 1 unspecified atom stereocenters. The molecule has 0 aromatic heterocycles. The van der Waals surface area contributed by atoms with Crippen molar-refractivity contribution in [2.75, 3.05) is 20.1 Å². The molecule has 0 aromatic rings. The quantitative estimate of drug-likeness (QED) is 0.622. The van der Waals surface area contributed by atoms with Crippen LogP contribution in [0.5, 0.6) is 0 Å². The van der Waals surface area contributed by atoms with E-state index in [2.05, 4.69) is 5.32 Å². The van der Waals surface area contributed by atoms with Crippen LogP contribution in [-0.2, 0) is 4.79 Å². The lowest BCUT2D eigenvalue weighted by Crippen LogP contribution is -2.54. The smallest absolute Gasteiger partial charge is 0.314 e. The van der Waals surface area contributed by atoms with Crippen LogP contribution >= 0.6 is 0 Å². The van der Waals surface area contributed by atoms with Crippen LogP contribution in [0.4, 0.5) is 4.79 Å². The maximum atomic E-state index is 12.1. The highest BCUT2D eigenvalue weighted by atomic mass is 16.2. The van der Waals surface area contributed by atoms with Gasteiger partial charge in [0, 0.05) is 19.6 Å². The van der Waals surface area contributed by atoms with Gasteiger partial charge in [0.1, 0.15) is 5.54 Å². The summed E-state index contributed by atoms with van der Waals surface area (Å²) in [6, 6.07) is -0.106. The number of likely N-dealkylation sites (N-methyl/N-ethyl adjacent to an activating group) is 1. The molecule has 2 fully saturated rings. The number of imide groups is 1. The van der Waals surface area contributed by atoms with Gasteiger partial charge in [-0.05, 0) is 26.8 Å². The minimum Gasteiger partial charge on any atom is -0.314 e. The van der Waals surface area contributed by atoms with Gasteiger partial charge in [-0.1, -0.05) is 0 Å². The van der Waals surface area contributed by atoms with Gasteiger partial charge in [-0.3, -0.25) is 9.69 Å². The topological polar surface area (TPSA) is 52.7 Å². The van der Waals surface area contributed by atoms with Gasteiger partial charge in [0.15, 0.2) is 0 Å². The summed E-state index contributed by atoms with van der Waals surface area (Å²) in [7, 11) is 1.56. The van der Waals surface area contributed by atoms with E-state index in [9.17, 15) is 9.59 Å². The zero-order valence-electron chi connectivity index (χ0n) is 9.41. The fraction of sp³-hybridized carbons (Fsp3) is 0.800. The van der Waals surface area contributed by atoms with Crippen LogP contribution in [0.1, 0.15) is 20.3 Å². The van der Waals surface area contributed by atoms with E-state index in [-0.39, 0.29) is 18.0 Å². The molecule has 0 aromatic carbocycles. The Hall–Kier alpha value is -1.10. The van der Waals surface area contributed by atoms with Crippen molar-refractivity contribution in [3.05, 3.63) is 0 Å². The molecule has 2 rings (SSSR count). The van der Waals surface area contributed by atoms with E-state index >= 15 is 0 Å². The molecule has 2 saturated heterocycles. The molecule has 15 heavy (non-hydrogen) atoms. The van der Waals surface area contributed by atoms with Crippen LogP contribution in [0.2, 0.25) is 0 Å². The van der Waals surface area contributed by atoms with Crippen molar-refractivity contribution >= 4 is 11.9 Å². The van der Waals surface area contributed by atoms with Gasteiger partial charge in [0.25, 0.3) is 5.91 Å². The lowest BCUT2D eigenvalue weighted by Gasteiger charge is -2.33. The predicted octanol–water partition coefficient (Wildman–Crippen LogP) is 0.0209. The minimum atomic E-state index is -0.611. The summed E-state index contributed by atoms with van der Waals surface area (Å²) in [4.78, 5) is 27.0. The van der Waals surface area contributed by atoms with Gasteiger partial charge in [-0.2, -0.15) is 0 Å². The molecule has 0 saturated carbocycles. The fourth-order valence-electron chi connectivity index (χ4n) is 2.63. The van der Waals surface area contributed by atoms with Crippen molar-refractivity contribution in [3.8, 4) is 0 Å². The minimum absolute atomic E-state index is 0.0614. The van der Waals surface area contributed by atoms with Crippen LogP contribution < -0.4 is 5.32 Å². The summed E-state index contributed by atoms with van der Waals surface area (Å²) >= 11 is 0. The summed E-state index contributed by atoms with van der Waals surface area (Å²) in [6.45, 7) is 5.28. The molecular weight excluding hydrogens is 194 g/mol. The standard InChI is InChI=1S/C10H17N3O2/c1-7(2)13-9(15)12(3)8(14)10(13)4-5-11-6-10/h7,11H,4-6H2,1-3H3. The van der Waals surface area contributed by atoms with Crippen LogP contribution in [0, 0.1) is 0 Å². The summed E-state index contributed by atoms with van der Waals surface area (Å²) < 4.78 is 0. The molecule has 3 amide bonds. The second kappa shape index (κ2) is 3.20. The molecule has 2 aliphatic heterocycles. The normalized spacial score (nSPS) is 31.5. The highest BCUT2D eigenvalue weighted by molar-refractivity contribution is 6.07. The number of urea groups is 1. The number of rotatable bonds is 1. The Morgan fingerprint density at radius 1 is 1.40 bits per heavy atom. The first kappa shape index (κ1) is 10.4. The molecule has 84 valence electrons. The largest absolute Gasteiger partial charge is 0.327 e. The molecule has 2 heterocycles. The Bertz CT molecular complexity index is 308. The van der Waals surface area contributed by atoms with Gasteiger partial charge in [0.2, 0.25) is 0 Å². The number of nitrogens with one attached hydrogen (secondary N) is 1. The van der Waals surface area contributed by atoms with Gasteiger partial charge in [-0.15, -0.1) is 0 Å². The summed E-state index contributed by atoms with van der Waals surface area (Å²) in [5.41, 5.74) is -0.611. The number of amides is 3. The summed E-state index contributed by atoms with van der Waals surface area (Å²) in [5.74, 6) is -0.0637. The molecule has 5 heteroatoms. The van der Waals surface area contributed by atoms with Crippen LogP contribution in [-0.4, -0.2) is 53.5 Å². The van der Waals surface area contributed by atoms with Crippen molar-refractivity contribution in [1.29, 1.82) is 0 Å². The number of carbonyl (C=O) groups is 2. The third-order valence-corrected chi connectivity index (χ3v) is 3.31. The van der Waals surface area contributed by atoms with Gasteiger partial charge >= 0.3 is 6.03 Å². The Kier molecular flexibility index (Phi) is 2.22. The van der Waals surface area contributed by atoms with Crippen molar-refractivity contribution in [3.63, 3.8) is 0 Å². The van der Waals surface area contributed by atoms with E-state index in [1.807, 2.05) is 13.8 Å². The number of hydrogen-bond donors (Lipinski definition) is 1. The van der Waals surface area contributed by atoms with Crippen LogP contribution in [0.3, 0.4) is 0 Å². The SMILES string of the molecule is CC(C)N1C(=O)N(C)C(=O)C12CCNC2. The zero-order chi connectivity index (χ0) is 11.2. The van der Waals surface area contributed by atoms with Gasteiger partial charge in [-0.25, -0.2) is 4.79 Å². The molecule has 1 spiro atoms. The molecular formula is C10H17N3O2. The fourth-order valence-corrected chi connectivity index (χ4v) is 2.63. The van der Waals surface area contributed by atoms with Gasteiger partial charge in [0.05, 0.1) is 0 Å². The number of nitrogens with zero attached hydrogens (tertiary/aromatic N) is 2. The molecule has 0 radical (unpaired) electrons. The number of hydrogen-bond acceptors (Lipinski definition) is 3. The van der Waals surface area contributed by atoms with Crippen molar-refractivity contribution < 1.29 is 9.59 Å². The monoisotopic (exact) mass is 211 g/mol. The second-order valence-electron chi connectivity index (χ2n) is 4.57. The van der Waals surface area contributed by atoms with E-state index in [0.717, 1.165) is 13.0 Å². The van der Waals surface area contributed by atoms with E-state index in [4.69, 9.17) is 0 Å². The first-order valence-electron chi connectivity index (χ1n) is 5.33. The predicted molar refractivity (Wildman–Crippen MR) is 55.4 cm³/mol. The molecule has 0 bridgehead atoms. The molecule has 0 aliphatic carbocycles. The Balaban J connectivity index is 2.42. The van der Waals surface area contributed by atoms with Crippen LogP contribution in [0.25, 0.3) is 0 Å². The van der Waals surface area contributed by atoms with E-state index in [1.165, 1.54) is 4.90 Å². The molecule has 2 aliphatic rings. The lowest BCUT2D eigenvalue weighted by atomic mass is 9.95. The van der Waals surface area contributed by atoms with E-state index in [1.54, 1.807) is 11.9 Å². The highest BCUT2D eigenvalue weighted by Gasteiger charge is 2.57.